The topological polar surface area (TPSA) is 64.7 Å². The molecular formula is C19H19FN2O4. The van der Waals surface area contributed by atoms with Crippen molar-refractivity contribution in [3.8, 4) is 5.75 Å². The highest BCUT2D eigenvalue weighted by Gasteiger charge is 2.13. The zero-order valence-electron chi connectivity index (χ0n) is 14.4. The molecule has 0 aliphatic rings. The predicted octanol–water partition coefficient (Wildman–Crippen LogP) is 2.66. The third-order valence-electron chi connectivity index (χ3n) is 4.07. The van der Waals surface area contributed by atoms with E-state index < -0.39 is 11.6 Å². The first-order valence-electron chi connectivity index (χ1n) is 8.26. The molecule has 2 aromatic carbocycles. The summed E-state index contributed by atoms with van der Waals surface area (Å²) in [6.45, 7) is 0.721. The summed E-state index contributed by atoms with van der Waals surface area (Å²) in [6.07, 6.45) is 0.152. The largest absolute Gasteiger partial charge is 0.489 e. The molecule has 0 aliphatic carbocycles. The molecule has 1 amide bonds. The van der Waals surface area contributed by atoms with Crippen molar-refractivity contribution in [2.75, 3.05) is 20.2 Å². The van der Waals surface area contributed by atoms with Crippen LogP contribution in [0, 0.1) is 5.82 Å². The molecule has 0 aliphatic heterocycles. The lowest BCUT2D eigenvalue weighted by molar-refractivity contribution is -0.130. The number of rotatable bonds is 7. The van der Waals surface area contributed by atoms with Crippen LogP contribution < -0.4 is 10.5 Å². The molecule has 0 N–H and O–H groups in total. The summed E-state index contributed by atoms with van der Waals surface area (Å²) in [5.41, 5.74) is 1.16. The van der Waals surface area contributed by atoms with Crippen molar-refractivity contribution in [3.05, 3.63) is 64.9 Å². The molecule has 0 radical (unpaired) electrons. The molecule has 0 unspecified atom stereocenters. The van der Waals surface area contributed by atoms with Gasteiger partial charge in [-0.05, 0) is 24.3 Å². The van der Waals surface area contributed by atoms with Crippen molar-refractivity contribution in [2.45, 2.75) is 13.0 Å². The molecule has 3 rings (SSSR count). The molecule has 0 bridgehead atoms. The van der Waals surface area contributed by atoms with Gasteiger partial charge in [0.15, 0.2) is 17.1 Å². The fourth-order valence-corrected chi connectivity index (χ4v) is 2.60. The number of carbonyl (C=O) groups excluding carboxylic acids is 1. The second kappa shape index (κ2) is 7.86. The lowest BCUT2D eigenvalue weighted by Crippen LogP contribution is -2.32. The summed E-state index contributed by atoms with van der Waals surface area (Å²) in [6, 6.07) is 13.2. The van der Waals surface area contributed by atoms with Crippen LogP contribution in [0.3, 0.4) is 0 Å². The number of aryl methyl sites for hydroxylation is 1. The molecule has 26 heavy (non-hydrogen) atoms. The maximum Gasteiger partial charge on any atom is 0.419 e. The molecule has 0 spiro atoms. The number of amides is 1. The van der Waals surface area contributed by atoms with Gasteiger partial charge in [-0.15, -0.1) is 0 Å². The van der Waals surface area contributed by atoms with Crippen molar-refractivity contribution in [3.63, 3.8) is 0 Å². The third kappa shape index (κ3) is 3.93. The second-order valence-electron chi connectivity index (χ2n) is 5.83. The number of aromatic nitrogens is 1. The highest BCUT2D eigenvalue weighted by molar-refractivity contribution is 5.76. The van der Waals surface area contributed by atoms with Crippen molar-refractivity contribution >= 4 is 17.0 Å². The molecule has 7 heteroatoms. The minimum Gasteiger partial charge on any atom is -0.489 e. The number of hydrogen-bond acceptors (Lipinski definition) is 4. The first-order valence-corrected chi connectivity index (χ1v) is 8.26. The Morgan fingerprint density at radius 1 is 1.19 bits per heavy atom. The van der Waals surface area contributed by atoms with Crippen molar-refractivity contribution in [2.24, 2.45) is 0 Å². The maximum absolute atomic E-state index is 13.5. The average molecular weight is 358 g/mol. The molecule has 1 aromatic heterocycles. The van der Waals surface area contributed by atoms with E-state index in [9.17, 15) is 14.0 Å². The van der Waals surface area contributed by atoms with E-state index >= 15 is 0 Å². The Morgan fingerprint density at radius 2 is 1.92 bits per heavy atom. The maximum atomic E-state index is 13.5. The van der Waals surface area contributed by atoms with Gasteiger partial charge in [0.1, 0.15) is 6.61 Å². The lowest BCUT2D eigenvalue weighted by Gasteiger charge is -2.17. The Bertz CT molecular complexity index is 963. The SMILES string of the molecule is CN(CCOc1ccccc1F)C(=O)CCn1c(=O)oc2ccccc21. The smallest absolute Gasteiger partial charge is 0.419 e. The number of hydrogen-bond donors (Lipinski definition) is 0. The average Bonchev–Trinajstić information content (AvgIpc) is 2.96. The number of ether oxygens (including phenoxy) is 1. The van der Waals surface area contributed by atoms with Crippen LogP contribution in [0.25, 0.3) is 11.1 Å². The minimum absolute atomic E-state index is 0.140. The fourth-order valence-electron chi connectivity index (χ4n) is 2.60. The van der Waals surface area contributed by atoms with Crippen LogP contribution in [0.4, 0.5) is 4.39 Å². The summed E-state index contributed by atoms with van der Waals surface area (Å²) in [5, 5.41) is 0. The van der Waals surface area contributed by atoms with E-state index in [0.29, 0.717) is 17.6 Å². The first-order chi connectivity index (χ1) is 12.6. The number of carbonyl (C=O) groups is 1. The summed E-state index contributed by atoms with van der Waals surface area (Å²) in [7, 11) is 1.64. The number of benzene rings is 2. The van der Waals surface area contributed by atoms with E-state index in [1.807, 2.05) is 6.07 Å². The molecule has 0 saturated heterocycles. The monoisotopic (exact) mass is 358 g/mol. The summed E-state index contributed by atoms with van der Waals surface area (Å²) in [4.78, 5) is 25.6. The Labute approximate surface area is 149 Å². The second-order valence-corrected chi connectivity index (χ2v) is 5.83. The Kier molecular flexibility index (Phi) is 5.36. The highest BCUT2D eigenvalue weighted by Crippen LogP contribution is 2.15. The van der Waals surface area contributed by atoms with Gasteiger partial charge >= 0.3 is 5.76 Å². The van der Waals surface area contributed by atoms with Gasteiger partial charge in [-0.3, -0.25) is 9.36 Å². The Morgan fingerprint density at radius 3 is 2.73 bits per heavy atom. The van der Waals surface area contributed by atoms with Gasteiger partial charge in [0.05, 0.1) is 12.1 Å². The van der Waals surface area contributed by atoms with Gasteiger partial charge in [0.2, 0.25) is 5.91 Å². The first kappa shape index (κ1) is 17.7. The summed E-state index contributed by atoms with van der Waals surface area (Å²) in [5.74, 6) is -0.902. The molecule has 3 aromatic rings. The van der Waals surface area contributed by atoms with Gasteiger partial charge in [-0.1, -0.05) is 24.3 Å². The van der Waals surface area contributed by atoms with Crippen LogP contribution in [0.2, 0.25) is 0 Å². The number of para-hydroxylation sites is 3. The van der Waals surface area contributed by atoms with Gasteiger partial charge < -0.3 is 14.1 Å². The predicted molar refractivity (Wildman–Crippen MR) is 94.6 cm³/mol. The van der Waals surface area contributed by atoms with Crippen LogP contribution in [0.15, 0.2) is 57.7 Å². The van der Waals surface area contributed by atoms with Crippen LogP contribution in [0.5, 0.6) is 5.75 Å². The molecule has 136 valence electrons. The molecule has 0 fully saturated rings. The molecule has 1 heterocycles. The van der Waals surface area contributed by atoms with Crippen molar-refractivity contribution in [1.82, 2.24) is 9.47 Å². The number of nitrogens with zero attached hydrogens (tertiary/aromatic N) is 2. The Balaban J connectivity index is 1.52. The van der Waals surface area contributed by atoms with Gasteiger partial charge in [0.25, 0.3) is 0 Å². The van der Waals surface area contributed by atoms with Crippen LogP contribution in [0.1, 0.15) is 6.42 Å². The zero-order valence-corrected chi connectivity index (χ0v) is 14.4. The van der Waals surface area contributed by atoms with E-state index in [2.05, 4.69) is 0 Å². The number of likely N-dealkylation sites (N-methyl/N-ethyl adjacent to an activating group) is 1. The number of fused-ring (bicyclic) bond motifs is 1. The van der Waals surface area contributed by atoms with Gasteiger partial charge in [-0.25, -0.2) is 9.18 Å². The lowest BCUT2D eigenvalue weighted by atomic mass is 10.3. The number of oxazole rings is 1. The molecule has 0 saturated carbocycles. The van der Waals surface area contributed by atoms with Crippen molar-refractivity contribution in [1.29, 1.82) is 0 Å². The van der Waals surface area contributed by atoms with Crippen molar-refractivity contribution < 1.29 is 18.3 Å². The standard InChI is InChI=1S/C19H19FN2O4/c1-21(12-13-25-16-8-4-2-6-14(16)20)18(23)10-11-22-15-7-3-5-9-17(15)26-19(22)24/h2-9H,10-13H2,1H3. The van der Waals surface area contributed by atoms with Gasteiger partial charge in [-0.2, -0.15) is 0 Å². The van der Waals surface area contributed by atoms with Crippen LogP contribution in [-0.2, 0) is 11.3 Å². The van der Waals surface area contributed by atoms with E-state index in [-0.39, 0.29) is 31.2 Å². The highest BCUT2D eigenvalue weighted by atomic mass is 19.1. The van der Waals surface area contributed by atoms with Crippen LogP contribution in [-0.4, -0.2) is 35.6 Å². The Hall–Kier alpha value is -3.09. The van der Waals surface area contributed by atoms with E-state index in [4.69, 9.17) is 9.15 Å². The van der Waals surface area contributed by atoms with E-state index in [0.717, 1.165) is 0 Å². The van der Waals surface area contributed by atoms with E-state index in [1.165, 1.54) is 21.6 Å². The summed E-state index contributed by atoms with van der Waals surface area (Å²) >= 11 is 0. The normalized spacial score (nSPS) is 10.8. The molecular weight excluding hydrogens is 339 g/mol. The number of halogens is 1. The molecule has 0 atom stereocenters. The minimum atomic E-state index is -0.482. The zero-order chi connectivity index (χ0) is 18.5. The quantitative estimate of drug-likeness (QED) is 0.651. The van der Waals surface area contributed by atoms with E-state index in [1.54, 1.807) is 37.4 Å². The van der Waals surface area contributed by atoms with Gasteiger partial charge in [0, 0.05) is 20.0 Å². The molecule has 6 nitrogen and oxygen atoms in total. The fraction of sp³-hybridized carbons (Fsp3) is 0.263. The third-order valence-corrected chi connectivity index (χ3v) is 4.07. The van der Waals surface area contributed by atoms with Crippen LogP contribution >= 0.6 is 0 Å². The summed E-state index contributed by atoms with van der Waals surface area (Å²) < 4.78 is 25.4.